The number of nitrogens with one attached hydrogen (secondary N) is 1. The number of thiophene rings is 1. The van der Waals surface area contributed by atoms with Crippen molar-refractivity contribution in [2.45, 2.75) is 17.4 Å². The number of hydrogen-bond donors (Lipinski definition) is 2. The second-order valence-corrected chi connectivity index (χ2v) is 6.51. The summed E-state index contributed by atoms with van der Waals surface area (Å²) in [4.78, 5) is 25.0. The topological polar surface area (TPSA) is 75.6 Å². The highest BCUT2D eigenvalue weighted by Crippen LogP contribution is 2.26. The van der Waals surface area contributed by atoms with Gasteiger partial charge in [0.1, 0.15) is 10.6 Å². The van der Waals surface area contributed by atoms with Crippen molar-refractivity contribution in [3.63, 3.8) is 0 Å². The van der Waals surface area contributed by atoms with Crippen molar-refractivity contribution >= 4 is 35.0 Å². The Hall–Kier alpha value is -1.99. The summed E-state index contributed by atoms with van der Waals surface area (Å²) >= 11 is 2.86. The molecule has 2 N–H and O–H groups in total. The second kappa shape index (κ2) is 8.03. The zero-order chi connectivity index (χ0) is 16.8. The lowest BCUT2D eigenvalue weighted by Crippen LogP contribution is -2.29. The first-order chi connectivity index (χ1) is 11.0. The maximum atomic E-state index is 12.4. The van der Waals surface area contributed by atoms with Gasteiger partial charge in [-0.2, -0.15) is 0 Å². The van der Waals surface area contributed by atoms with Crippen molar-refractivity contribution in [1.82, 2.24) is 5.32 Å². The van der Waals surface area contributed by atoms with Gasteiger partial charge < -0.3 is 15.2 Å². The van der Waals surface area contributed by atoms with E-state index in [-0.39, 0.29) is 12.3 Å². The Morgan fingerprint density at radius 2 is 2.00 bits per heavy atom. The first kappa shape index (κ1) is 17.4. The van der Waals surface area contributed by atoms with Gasteiger partial charge in [-0.25, -0.2) is 0 Å². The van der Waals surface area contributed by atoms with Gasteiger partial charge in [0.25, 0.3) is 5.91 Å². The van der Waals surface area contributed by atoms with Crippen molar-refractivity contribution in [3.8, 4) is 5.75 Å². The standard InChI is InChI=1S/C16H17NO4S2/c1-21-13-7-8-23-15(13)16(20)17-12(9-14(18)19)10-3-5-11(22-2)6-4-10/h3-8,12H,9H2,1-2H3,(H,17,20)(H,18,19). The van der Waals surface area contributed by atoms with Crippen molar-refractivity contribution in [2.75, 3.05) is 13.4 Å². The number of methoxy groups -OCH3 is 1. The van der Waals surface area contributed by atoms with E-state index in [1.807, 2.05) is 30.5 Å². The largest absolute Gasteiger partial charge is 0.495 e. The summed E-state index contributed by atoms with van der Waals surface area (Å²) in [5.41, 5.74) is 0.758. The minimum atomic E-state index is -0.970. The van der Waals surface area contributed by atoms with E-state index in [0.717, 1.165) is 10.5 Å². The molecule has 7 heteroatoms. The first-order valence-corrected chi connectivity index (χ1v) is 8.93. The number of thioether (sulfide) groups is 1. The molecule has 0 fully saturated rings. The van der Waals surface area contributed by atoms with Gasteiger partial charge in [0.05, 0.1) is 19.6 Å². The molecule has 122 valence electrons. The van der Waals surface area contributed by atoms with Gasteiger partial charge in [-0.05, 0) is 35.4 Å². The van der Waals surface area contributed by atoms with Gasteiger partial charge in [-0.1, -0.05) is 12.1 Å². The average molecular weight is 351 g/mol. The van der Waals surface area contributed by atoms with Crippen LogP contribution in [0.5, 0.6) is 5.75 Å². The van der Waals surface area contributed by atoms with Gasteiger partial charge in [0.2, 0.25) is 0 Å². The molecule has 0 aliphatic carbocycles. The van der Waals surface area contributed by atoms with Crippen LogP contribution in [0.3, 0.4) is 0 Å². The van der Waals surface area contributed by atoms with E-state index in [4.69, 9.17) is 9.84 Å². The highest BCUT2D eigenvalue weighted by atomic mass is 32.2. The van der Waals surface area contributed by atoms with Crippen molar-refractivity contribution in [2.24, 2.45) is 0 Å². The number of carbonyl (C=O) groups is 2. The molecule has 1 heterocycles. The van der Waals surface area contributed by atoms with Gasteiger partial charge >= 0.3 is 5.97 Å². The second-order valence-electron chi connectivity index (χ2n) is 4.72. The van der Waals surface area contributed by atoms with E-state index in [9.17, 15) is 9.59 Å². The quantitative estimate of drug-likeness (QED) is 0.748. The minimum absolute atomic E-state index is 0.182. The molecule has 0 radical (unpaired) electrons. The molecule has 2 rings (SSSR count). The van der Waals surface area contributed by atoms with E-state index >= 15 is 0 Å². The minimum Gasteiger partial charge on any atom is -0.495 e. The molecule has 23 heavy (non-hydrogen) atoms. The third-order valence-electron chi connectivity index (χ3n) is 3.26. The van der Waals surface area contributed by atoms with E-state index in [0.29, 0.717) is 10.6 Å². The molecule has 1 unspecified atom stereocenters. The summed E-state index contributed by atoms with van der Waals surface area (Å²) < 4.78 is 5.14. The Bertz CT molecular complexity index is 682. The zero-order valence-electron chi connectivity index (χ0n) is 12.7. The summed E-state index contributed by atoms with van der Waals surface area (Å²) in [7, 11) is 1.49. The number of amides is 1. The molecular formula is C16H17NO4S2. The summed E-state index contributed by atoms with van der Waals surface area (Å²) in [6.45, 7) is 0. The number of ether oxygens (including phenoxy) is 1. The summed E-state index contributed by atoms with van der Waals surface area (Å²) in [6.07, 6.45) is 1.78. The third kappa shape index (κ3) is 4.49. The molecule has 0 saturated heterocycles. The molecule has 1 atom stereocenters. The number of carboxylic acids is 1. The lowest BCUT2D eigenvalue weighted by atomic mass is 10.0. The van der Waals surface area contributed by atoms with Gasteiger partial charge in [0.15, 0.2) is 0 Å². The van der Waals surface area contributed by atoms with Gasteiger partial charge in [0, 0.05) is 4.90 Å². The van der Waals surface area contributed by atoms with Crippen LogP contribution >= 0.6 is 23.1 Å². The zero-order valence-corrected chi connectivity index (χ0v) is 14.4. The maximum absolute atomic E-state index is 12.4. The van der Waals surface area contributed by atoms with Crippen molar-refractivity contribution < 1.29 is 19.4 Å². The molecule has 0 saturated carbocycles. The van der Waals surface area contributed by atoms with E-state index < -0.39 is 12.0 Å². The summed E-state index contributed by atoms with van der Waals surface area (Å²) in [6, 6.07) is 8.61. The number of rotatable bonds is 7. The molecule has 1 aromatic heterocycles. The Morgan fingerprint density at radius 3 is 2.57 bits per heavy atom. The molecule has 0 aliphatic rings. The van der Waals surface area contributed by atoms with Gasteiger partial charge in [-0.15, -0.1) is 23.1 Å². The molecule has 1 amide bonds. The predicted octanol–water partition coefficient (Wildman–Crippen LogP) is 3.42. The van der Waals surface area contributed by atoms with Gasteiger partial charge in [-0.3, -0.25) is 9.59 Å². The van der Waals surface area contributed by atoms with Crippen LogP contribution in [0.1, 0.15) is 27.7 Å². The maximum Gasteiger partial charge on any atom is 0.305 e. The van der Waals surface area contributed by atoms with Crippen LogP contribution in [-0.2, 0) is 4.79 Å². The Morgan fingerprint density at radius 1 is 1.30 bits per heavy atom. The Balaban J connectivity index is 2.21. The highest BCUT2D eigenvalue weighted by molar-refractivity contribution is 7.98. The predicted molar refractivity (Wildman–Crippen MR) is 91.6 cm³/mol. The number of carboxylic acid groups (broad SMARTS) is 1. The van der Waals surface area contributed by atoms with E-state index in [1.165, 1.54) is 18.4 Å². The van der Waals surface area contributed by atoms with Crippen LogP contribution in [0.25, 0.3) is 0 Å². The molecule has 2 aromatic rings. The summed E-state index contributed by atoms with van der Waals surface area (Å²) in [5.74, 6) is -0.821. The molecule has 1 aromatic carbocycles. The molecule has 0 spiro atoms. The number of hydrogen-bond acceptors (Lipinski definition) is 5. The van der Waals surface area contributed by atoms with Crippen molar-refractivity contribution in [1.29, 1.82) is 0 Å². The number of carbonyl (C=O) groups excluding carboxylic acids is 1. The average Bonchev–Trinajstić information content (AvgIpc) is 3.02. The fourth-order valence-electron chi connectivity index (χ4n) is 2.11. The molecule has 5 nitrogen and oxygen atoms in total. The first-order valence-electron chi connectivity index (χ1n) is 6.83. The molecule has 0 bridgehead atoms. The van der Waals surface area contributed by atoms with Crippen LogP contribution < -0.4 is 10.1 Å². The third-order valence-corrected chi connectivity index (χ3v) is 4.90. The highest BCUT2D eigenvalue weighted by Gasteiger charge is 2.21. The van der Waals surface area contributed by atoms with Crippen molar-refractivity contribution in [3.05, 3.63) is 46.2 Å². The van der Waals surface area contributed by atoms with Crippen LogP contribution in [-0.4, -0.2) is 30.3 Å². The molecular weight excluding hydrogens is 334 g/mol. The van der Waals surface area contributed by atoms with E-state index in [2.05, 4.69) is 5.32 Å². The van der Waals surface area contributed by atoms with Crippen LogP contribution in [0.15, 0.2) is 40.6 Å². The smallest absolute Gasteiger partial charge is 0.305 e. The fourth-order valence-corrected chi connectivity index (χ4v) is 3.28. The Kier molecular flexibility index (Phi) is 6.06. The lowest BCUT2D eigenvalue weighted by Gasteiger charge is -2.17. The van der Waals surface area contributed by atoms with Crippen LogP contribution in [0.4, 0.5) is 0 Å². The summed E-state index contributed by atoms with van der Waals surface area (Å²) in [5, 5.41) is 13.7. The molecule has 0 aliphatic heterocycles. The lowest BCUT2D eigenvalue weighted by molar-refractivity contribution is -0.137. The number of benzene rings is 1. The van der Waals surface area contributed by atoms with Crippen LogP contribution in [0.2, 0.25) is 0 Å². The SMILES string of the molecule is COc1ccsc1C(=O)NC(CC(=O)O)c1ccc(SC)cc1. The Labute approximate surface area is 142 Å². The monoisotopic (exact) mass is 351 g/mol. The van der Waals surface area contributed by atoms with E-state index in [1.54, 1.807) is 23.2 Å². The fraction of sp³-hybridized carbons (Fsp3) is 0.250. The number of aliphatic carboxylic acids is 1. The normalized spacial score (nSPS) is 11.7. The van der Waals surface area contributed by atoms with Crippen LogP contribution in [0, 0.1) is 0 Å².